The number of hydrogen-bond acceptors (Lipinski definition) is 2. The highest BCUT2D eigenvalue weighted by Gasteiger charge is 2.58. The number of ether oxygens (including phenoxy) is 2. The van der Waals surface area contributed by atoms with Crippen molar-refractivity contribution in [1.29, 1.82) is 0 Å². The number of allylic oxidation sites excluding steroid dienone is 2. The third kappa shape index (κ3) is 4.37. The molecule has 4 aliphatic carbocycles. The van der Waals surface area contributed by atoms with Crippen LogP contribution < -0.4 is 0 Å². The Morgan fingerprint density at radius 3 is 2.38 bits per heavy atom. The molecule has 3 fully saturated rings. The van der Waals surface area contributed by atoms with Crippen molar-refractivity contribution in [2.45, 2.75) is 112 Å². The molecule has 9 atom stereocenters. The molecule has 0 saturated heterocycles. The van der Waals surface area contributed by atoms with Gasteiger partial charge in [0.05, 0.1) is 6.10 Å². The Balaban J connectivity index is 1.45. The van der Waals surface area contributed by atoms with Crippen molar-refractivity contribution in [2.24, 2.45) is 52.3 Å². The third-order valence-electron chi connectivity index (χ3n) is 11.4. The summed E-state index contributed by atoms with van der Waals surface area (Å²) in [5.41, 5.74) is 2.94. The summed E-state index contributed by atoms with van der Waals surface area (Å²) < 4.78 is 11.2. The van der Waals surface area contributed by atoms with Crippen LogP contribution in [-0.2, 0) is 9.47 Å². The Labute approximate surface area is 199 Å². The molecule has 2 heteroatoms. The topological polar surface area (TPSA) is 18.5 Å². The second-order valence-corrected chi connectivity index (χ2v) is 13.2. The van der Waals surface area contributed by atoms with Gasteiger partial charge in [0.25, 0.3) is 0 Å². The van der Waals surface area contributed by atoms with Gasteiger partial charge < -0.3 is 9.47 Å². The maximum absolute atomic E-state index is 6.00. The van der Waals surface area contributed by atoms with Crippen LogP contribution in [0.2, 0.25) is 0 Å². The maximum Gasteiger partial charge on any atom is 0.146 e. The fourth-order valence-corrected chi connectivity index (χ4v) is 8.82. The molecule has 0 aliphatic heterocycles. The van der Waals surface area contributed by atoms with E-state index >= 15 is 0 Å². The molecular formula is C30H52O2. The van der Waals surface area contributed by atoms with E-state index in [0.29, 0.717) is 23.7 Å². The molecule has 0 aromatic rings. The zero-order valence-electron chi connectivity index (χ0n) is 22.3. The summed E-state index contributed by atoms with van der Waals surface area (Å²) in [6.45, 7) is 15.6. The fraction of sp³-hybridized carbons (Fsp3) is 0.933. The lowest BCUT2D eigenvalue weighted by Gasteiger charge is -2.58. The zero-order chi connectivity index (χ0) is 23.1. The molecule has 3 saturated carbocycles. The van der Waals surface area contributed by atoms with E-state index in [4.69, 9.17) is 9.47 Å². The Morgan fingerprint density at radius 2 is 1.66 bits per heavy atom. The summed E-state index contributed by atoms with van der Waals surface area (Å²) in [4.78, 5) is 0. The third-order valence-corrected chi connectivity index (χ3v) is 11.4. The average molecular weight is 445 g/mol. The van der Waals surface area contributed by atoms with Gasteiger partial charge in [0.1, 0.15) is 6.79 Å². The van der Waals surface area contributed by atoms with Crippen LogP contribution in [0.3, 0.4) is 0 Å². The molecule has 4 unspecified atom stereocenters. The van der Waals surface area contributed by atoms with Gasteiger partial charge in [0, 0.05) is 7.11 Å². The summed E-state index contributed by atoms with van der Waals surface area (Å²) in [7, 11) is 1.74. The van der Waals surface area contributed by atoms with E-state index in [2.05, 4.69) is 47.6 Å². The lowest BCUT2D eigenvalue weighted by Crippen LogP contribution is -2.50. The summed E-state index contributed by atoms with van der Waals surface area (Å²) in [6.07, 6.45) is 16.9. The van der Waals surface area contributed by atoms with Gasteiger partial charge in [-0.3, -0.25) is 0 Å². The van der Waals surface area contributed by atoms with Gasteiger partial charge in [-0.25, -0.2) is 0 Å². The average Bonchev–Trinajstić information content (AvgIpc) is 3.12. The van der Waals surface area contributed by atoms with Crippen LogP contribution in [-0.4, -0.2) is 20.0 Å². The minimum absolute atomic E-state index is 0.404. The van der Waals surface area contributed by atoms with Crippen LogP contribution in [0.5, 0.6) is 0 Å². The highest BCUT2D eigenvalue weighted by Crippen LogP contribution is 2.67. The fourth-order valence-electron chi connectivity index (χ4n) is 8.82. The Morgan fingerprint density at radius 1 is 0.938 bits per heavy atom. The van der Waals surface area contributed by atoms with Gasteiger partial charge in [-0.1, -0.05) is 66.0 Å². The van der Waals surface area contributed by atoms with Gasteiger partial charge in [0.2, 0.25) is 0 Å². The molecule has 32 heavy (non-hydrogen) atoms. The molecule has 0 amide bonds. The molecule has 0 heterocycles. The quantitative estimate of drug-likeness (QED) is 0.277. The number of fused-ring (bicyclic) bond motifs is 5. The molecule has 0 N–H and O–H groups in total. The maximum atomic E-state index is 6.00. The molecule has 2 nitrogen and oxygen atoms in total. The SMILES string of the molecule is COCO[C@H]1CC[C@@]2(C)C(CC=C3C2CC[C@@]2(C)C3CC[C@@H]2C(C)CC[C@@H](C)C(C)C)C1. The smallest absolute Gasteiger partial charge is 0.146 e. The lowest BCUT2D eigenvalue weighted by atomic mass is 9.47. The van der Waals surface area contributed by atoms with Crippen molar-refractivity contribution in [3.8, 4) is 0 Å². The highest BCUT2D eigenvalue weighted by molar-refractivity contribution is 5.27. The Kier molecular flexibility index (Phi) is 7.53. The van der Waals surface area contributed by atoms with Crippen LogP contribution in [0.4, 0.5) is 0 Å². The summed E-state index contributed by atoms with van der Waals surface area (Å²) >= 11 is 0. The normalized spacial score (nSPS) is 43.2. The molecule has 4 rings (SSSR count). The summed E-state index contributed by atoms with van der Waals surface area (Å²) in [5, 5.41) is 0. The molecule has 0 spiro atoms. The van der Waals surface area contributed by atoms with Crippen LogP contribution in [0, 0.1) is 52.3 Å². The molecule has 0 bridgehead atoms. The van der Waals surface area contributed by atoms with E-state index in [1.165, 1.54) is 64.2 Å². The first kappa shape index (κ1) is 24.8. The Hall–Kier alpha value is -0.340. The van der Waals surface area contributed by atoms with Crippen LogP contribution in [0.25, 0.3) is 0 Å². The second kappa shape index (κ2) is 9.73. The van der Waals surface area contributed by atoms with Crippen LogP contribution in [0.1, 0.15) is 106 Å². The second-order valence-electron chi connectivity index (χ2n) is 13.2. The van der Waals surface area contributed by atoms with Crippen LogP contribution in [0.15, 0.2) is 11.6 Å². The summed E-state index contributed by atoms with van der Waals surface area (Å²) in [6, 6.07) is 0. The van der Waals surface area contributed by atoms with E-state index < -0.39 is 0 Å². The van der Waals surface area contributed by atoms with Crippen molar-refractivity contribution >= 4 is 0 Å². The van der Waals surface area contributed by atoms with Crippen molar-refractivity contribution in [2.75, 3.05) is 13.9 Å². The van der Waals surface area contributed by atoms with Gasteiger partial charge >= 0.3 is 0 Å². The minimum Gasteiger partial charge on any atom is -0.359 e. The van der Waals surface area contributed by atoms with E-state index in [1.807, 2.05) is 5.57 Å². The van der Waals surface area contributed by atoms with Crippen molar-refractivity contribution < 1.29 is 9.47 Å². The van der Waals surface area contributed by atoms with E-state index in [0.717, 1.165) is 41.4 Å². The standard InChI is InChI=1S/C30H52O2/c1-20(2)21(3)8-9-22(4)26-12-13-27-25-11-10-23-18-24(32-19-31-7)14-16-29(23,5)28(25)15-17-30(26,27)6/h11,20-24,26-28H,8-10,12-19H2,1-7H3/t21-,22?,23?,24+,26-,27?,28?,29+,30-/m1/s1. The minimum atomic E-state index is 0.404. The van der Waals surface area contributed by atoms with Crippen LogP contribution >= 0.6 is 0 Å². The first-order chi connectivity index (χ1) is 15.2. The van der Waals surface area contributed by atoms with Gasteiger partial charge in [0.15, 0.2) is 0 Å². The van der Waals surface area contributed by atoms with E-state index in [1.54, 1.807) is 7.11 Å². The molecule has 4 aliphatic rings. The van der Waals surface area contributed by atoms with Crippen molar-refractivity contribution in [1.82, 2.24) is 0 Å². The zero-order valence-corrected chi connectivity index (χ0v) is 22.3. The first-order valence-electron chi connectivity index (χ1n) is 14.0. The molecule has 184 valence electrons. The lowest BCUT2D eigenvalue weighted by molar-refractivity contribution is -0.116. The van der Waals surface area contributed by atoms with E-state index in [-0.39, 0.29) is 0 Å². The summed E-state index contributed by atoms with van der Waals surface area (Å²) in [5.74, 6) is 5.97. The van der Waals surface area contributed by atoms with Crippen molar-refractivity contribution in [3.63, 3.8) is 0 Å². The largest absolute Gasteiger partial charge is 0.359 e. The molecular weight excluding hydrogens is 392 g/mol. The predicted octanol–water partition coefficient (Wildman–Crippen LogP) is 8.26. The van der Waals surface area contributed by atoms with Crippen molar-refractivity contribution in [3.05, 3.63) is 11.6 Å². The first-order valence-corrected chi connectivity index (χ1v) is 14.0. The predicted molar refractivity (Wildman–Crippen MR) is 134 cm³/mol. The molecule has 0 radical (unpaired) electrons. The number of rotatable bonds is 8. The van der Waals surface area contributed by atoms with Gasteiger partial charge in [-0.15, -0.1) is 0 Å². The van der Waals surface area contributed by atoms with Gasteiger partial charge in [-0.05, 0) is 104 Å². The van der Waals surface area contributed by atoms with Gasteiger partial charge in [-0.2, -0.15) is 0 Å². The number of hydrogen-bond donors (Lipinski definition) is 0. The molecule has 0 aromatic carbocycles. The monoisotopic (exact) mass is 444 g/mol. The number of methoxy groups -OCH3 is 1. The Bertz CT molecular complexity index is 668. The molecule has 0 aromatic heterocycles. The highest BCUT2D eigenvalue weighted by atomic mass is 16.7. The van der Waals surface area contributed by atoms with E-state index in [9.17, 15) is 0 Å².